The van der Waals surface area contributed by atoms with Crippen LogP contribution in [0.25, 0.3) is 0 Å². The number of amides is 1. The van der Waals surface area contributed by atoms with E-state index in [4.69, 9.17) is 33.7 Å². The van der Waals surface area contributed by atoms with E-state index in [1.54, 1.807) is 12.1 Å². The van der Waals surface area contributed by atoms with Gasteiger partial charge < -0.3 is 15.8 Å². The summed E-state index contributed by atoms with van der Waals surface area (Å²) < 4.78 is 5.35. The third kappa shape index (κ3) is 6.65. The van der Waals surface area contributed by atoms with E-state index in [9.17, 15) is 4.79 Å². The zero-order valence-corrected chi connectivity index (χ0v) is 16.6. The predicted octanol–water partition coefficient (Wildman–Crippen LogP) is 3.35. The summed E-state index contributed by atoms with van der Waals surface area (Å²) in [4.78, 5) is 20.1. The molecule has 5 N–H and O–H groups in total. The smallest absolute Gasteiger partial charge is 0.276 e. The molecule has 0 atom stereocenters. The molecule has 10 heteroatoms. The molecule has 0 saturated carbocycles. The molecule has 2 rings (SSSR count). The summed E-state index contributed by atoms with van der Waals surface area (Å²) in [5.74, 6) is 1.27. The number of hydrogen-bond donors (Lipinski definition) is 4. The first-order valence-electron chi connectivity index (χ1n) is 8.34. The van der Waals surface area contributed by atoms with Crippen LogP contribution in [-0.2, 0) is 4.79 Å². The first-order chi connectivity index (χ1) is 12.9. The highest BCUT2D eigenvalue weighted by Crippen LogP contribution is 2.27. The van der Waals surface area contributed by atoms with E-state index in [0.29, 0.717) is 33.2 Å². The second-order valence-corrected chi connectivity index (χ2v) is 6.97. The molecular weight excluding hydrogens is 391 g/mol. The van der Waals surface area contributed by atoms with Crippen molar-refractivity contribution in [3.05, 3.63) is 34.6 Å². The quantitative estimate of drug-likeness (QED) is 0.466. The first kappa shape index (κ1) is 20.9. The Morgan fingerprint density at radius 2 is 2.00 bits per heavy atom. The monoisotopic (exact) mass is 412 g/mol. The molecule has 1 aromatic carbocycles. The number of carbonyl (C=O) groups is 1. The number of halogens is 2. The average molecular weight is 413 g/mol. The molecule has 1 aromatic heterocycles. The number of nitrogens with zero attached hydrogens (tertiary/aromatic N) is 2. The zero-order chi connectivity index (χ0) is 19.8. The molecule has 0 fully saturated rings. The Balaban J connectivity index is 1.85. The number of ether oxygens (including phenoxy) is 1. The van der Waals surface area contributed by atoms with E-state index in [0.717, 1.165) is 13.0 Å². The molecule has 0 bridgehead atoms. The van der Waals surface area contributed by atoms with Gasteiger partial charge in [-0.3, -0.25) is 15.6 Å². The van der Waals surface area contributed by atoms with Crippen molar-refractivity contribution in [1.82, 2.24) is 15.4 Å². The molecule has 146 valence electrons. The molecular formula is C17H22Cl2N6O2. The maximum absolute atomic E-state index is 11.9. The van der Waals surface area contributed by atoms with Gasteiger partial charge in [-0.2, -0.15) is 0 Å². The van der Waals surface area contributed by atoms with Crippen LogP contribution in [0.2, 0.25) is 10.0 Å². The molecule has 0 spiro atoms. The Hall–Kier alpha value is -2.45. The molecule has 0 radical (unpaired) electrons. The summed E-state index contributed by atoms with van der Waals surface area (Å²) in [5, 5.41) is 3.95. The normalized spacial score (nSPS) is 10.6. The minimum Gasteiger partial charge on any atom is -0.482 e. The largest absolute Gasteiger partial charge is 0.482 e. The highest BCUT2D eigenvalue weighted by Gasteiger charge is 2.10. The van der Waals surface area contributed by atoms with Crippen LogP contribution in [0.1, 0.15) is 20.3 Å². The maximum Gasteiger partial charge on any atom is 0.276 e. The fourth-order valence-electron chi connectivity index (χ4n) is 2.02. The summed E-state index contributed by atoms with van der Waals surface area (Å²) in [7, 11) is 0. The number of anilines is 3. The molecule has 0 unspecified atom stereocenters. The van der Waals surface area contributed by atoms with E-state index in [1.807, 2.05) is 0 Å². The highest BCUT2D eigenvalue weighted by molar-refractivity contribution is 6.35. The summed E-state index contributed by atoms with van der Waals surface area (Å²) >= 11 is 11.8. The molecule has 0 aliphatic heterocycles. The van der Waals surface area contributed by atoms with E-state index in [-0.39, 0.29) is 12.4 Å². The lowest BCUT2D eigenvalue weighted by atomic mass is 10.1. The van der Waals surface area contributed by atoms with Crippen LogP contribution in [-0.4, -0.2) is 29.0 Å². The van der Waals surface area contributed by atoms with Gasteiger partial charge in [-0.15, -0.1) is 0 Å². The lowest BCUT2D eigenvalue weighted by molar-refractivity contribution is -0.122. The third-order valence-electron chi connectivity index (χ3n) is 3.47. The number of nitrogens with two attached hydrogens (primary N) is 1. The van der Waals surface area contributed by atoms with Gasteiger partial charge in [0.2, 0.25) is 0 Å². The lowest BCUT2D eigenvalue weighted by Gasteiger charge is -2.14. The Kier molecular flexibility index (Phi) is 7.75. The predicted molar refractivity (Wildman–Crippen MR) is 108 cm³/mol. The number of hydrogen-bond acceptors (Lipinski definition) is 7. The summed E-state index contributed by atoms with van der Waals surface area (Å²) in [5.41, 5.74) is 11.5. The third-order valence-corrected chi connectivity index (χ3v) is 4.00. The van der Waals surface area contributed by atoms with Crippen LogP contribution < -0.4 is 26.6 Å². The molecule has 0 aliphatic rings. The van der Waals surface area contributed by atoms with E-state index in [2.05, 4.69) is 40.0 Å². The topological polar surface area (TPSA) is 114 Å². The Labute approximate surface area is 167 Å². The Morgan fingerprint density at radius 1 is 1.26 bits per heavy atom. The number of carbonyl (C=O) groups excluding carboxylic acids is 1. The van der Waals surface area contributed by atoms with Gasteiger partial charge in [-0.05, 0) is 30.5 Å². The standard InChI is InChI=1S/C17H22Cl2N6O2/c1-10(2)5-6-21-16-15(20)17(23-9-22-16)25-24-14(26)8-27-13-4-3-11(18)7-12(13)19/h3-4,7,9-10H,5-6,8,20H2,1-2H3,(H,24,26)(H2,21,22,23,25). The van der Waals surface area contributed by atoms with E-state index in [1.165, 1.54) is 12.4 Å². The van der Waals surface area contributed by atoms with Crippen molar-refractivity contribution in [1.29, 1.82) is 0 Å². The maximum atomic E-state index is 11.9. The second-order valence-electron chi connectivity index (χ2n) is 6.13. The van der Waals surface area contributed by atoms with Gasteiger partial charge in [-0.25, -0.2) is 9.97 Å². The van der Waals surface area contributed by atoms with E-state index >= 15 is 0 Å². The lowest BCUT2D eigenvalue weighted by Crippen LogP contribution is -2.34. The Morgan fingerprint density at radius 3 is 2.70 bits per heavy atom. The SMILES string of the molecule is CC(C)CCNc1ncnc(NNC(=O)COc2ccc(Cl)cc2Cl)c1N. The molecule has 1 heterocycles. The highest BCUT2D eigenvalue weighted by atomic mass is 35.5. The van der Waals surface area contributed by atoms with Crippen molar-refractivity contribution in [2.75, 3.05) is 29.6 Å². The van der Waals surface area contributed by atoms with Gasteiger partial charge in [0.1, 0.15) is 17.8 Å². The minimum absolute atomic E-state index is 0.251. The van der Waals surface area contributed by atoms with Gasteiger partial charge in [0.25, 0.3) is 5.91 Å². The van der Waals surface area contributed by atoms with Gasteiger partial charge in [0.15, 0.2) is 18.2 Å². The molecule has 27 heavy (non-hydrogen) atoms. The van der Waals surface area contributed by atoms with Crippen molar-refractivity contribution in [3.63, 3.8) is 0 Å². The zero-order valence-electron chi connectivity index (χ0n) is 15.1. The molecule has 1 amide bonds. The number of aromatic nitrogens is 2. The molecule has 0 saturated heterocycles. The summed E-state index contributed by atoms with van der Waals surface area (Å²) in [6, 6.07) is 4.74. The fraction of sp³-hybridized carbons (Fsp3) is 0.353. The fourth-order valence-corrected chi connectivity index (χ4v) is 2.48. The van der Waals surface area contributed by atoms with Crippen LogP contribution >= 0.6 is 23.2 Å². The van der Waals surface area contributed by atoms with Gasteiger partial charge in [0, 0.05) is 11.6 Å². The second kappa shape index (κ2) is 10.0. The number of nitrogens with one attached hydrogen (secondary N) is 3. The van der Waals surface area contributed by atoms with Crippen LogP contribution in [0.5, 0.6) is 5.75 Å². The van der Waals surface area contributed by atoms with Crippen molar-refractivity contribution in [3.8, 4) is 5.75 Å². The van der Waals surface area contributed by atoms with Crippen molar-refractivity contribution in [2.45, 2.75) is 20.3 Å². The van der Waals surface area contributed by atoms with Crippen LogP contribution in [0.3, 0.4) is 0 Å². The molecule has 2 aromatic rings. The first-order valence-corrected chi connectivity index (χ1v) is 9.09. The minimum atomic E-state index is -0.437. The summed E-state index contributed by atoms with van der Waals surface area (Å²) in [6.45, 7) is 4.75. The van der Waals surface area contributed by atoms with Crippen LogP contribution in [0.4, 0.5) is 17.3 Å². The van der Waals surface area contributed by atoms with Crippen LogP contribution in [0, 0.1) is 5.92 Å². The number of nitrogen functional groups attached to an aromatic ring is 1. The van der Waals surface area contributed by atoms with Gasteiger partial charge >= 0.3 is 0 Å². The van der Waals surface area contributed by atoms with Gasteiger partial charge in [0.05, 0.1) is 5.02 Å². The average Bonchev–Trinajstić information content (AvgIpc) is 2.61. The van der Waals surface area contributed by atoms with Crippen molar-refractivity contribution in [2.24, 2.45) is 5.92 Å². The number of rotatable bonds is 9. The number of benzene rings is 1. The van der Waals surface area contributed by atoms with Crippen molar-refractivity contribution < 1.29 is 9.53 Å². The Bertz CT molecular complexity index is 788. The van der Waals surface area contributed by atoms with Crippen molar-refractivity contribution >= 4 is 46.4 Å². The van der Waals surface area contributed by atoms with Gasteiger partial charge in [-0.1, -0.05) is 37.0 Å². The molecule has 0 aliphatic carbocycles. The molecule has 8 nitrogen and oxygen atoms in total. The van der Waals surface area contributed by atoms with E-state index < -0.39 is 5.91 Å². The number of hydrazine groups is 1. The summed E-state index contributed by atoms with van der Waals surface area (Å²) in [6.07, 6.45) is 2.33. The van der Waals surface area contributed by atoms with Crippen LogP contribution in [0.15, 0.2) is 24.5 Å².